The SMILES string of the molecule is CC/C=C\C/C=C\C/C=C\C/C=C\C/C=C\C/C=C\C/C=C\C/C=C\C/C=C\CCCC(=O)OCC(COC(=O)CCCCCCCCC/C=C\C/C=C\C/C=C\CC)OC(=O)CCC/C=C\C/C=C\C/C=C\C/C=C\C/C=C\CC. The first-order chi connectivity index (χ1) is 40.0. The highest BCUT2D eigenvalue weighted by Crippen LogP contribution is 2.12. The van der Waals surface area contributed by atoms with Crippen molar-refractivity contribution in [1.82, 2.24) is 0 Å². The number of unbranched alkanes of at least 4 members (excludes halogenated alkanes) is 9. The van der Waals surface area contributed by atoms with Crippen molar-refractivity contribution in [1.29, 1.82) is 0 Å². The summed E-state index contributed by atoms with van der Waals surface area (Å²) < 4.78 is 16.8. The lowest BCUT2D eigenvalue weighted by Crippen LogP contribution is -2.30. The van der Waals surface area contributed by atoms with Gasteiger partial charge in [-0.1, -0.05) is 259 Å². The van der Waals surface area contributed by atoms with Gasteiger partial charge in [0.1, 0.15) is 13.2 Å². The standard InChI is InChI=1S/C75H112O6/c1-4-7-10-13-16-19-22-25-28-31-32-33-34-35-36-37-38-39-40-41-42-45-47-50-53-56-59-62-65-68-74(77)80-71-72(81-75(78)69-66-63-60-57-54-51-48-44-30-27-24-21-18-15-12-9-6-3)70-79-73(76)67-64-61-58-55-52-49-46-43-29-26-23-20-17-14-11-8-5-2/h7-12,16-21,25-30,32-33,35-36,38-39,41-42,47-48,50-51,56-57,59-60,72H,4-6,13-15,22-24,31,34,37,40,43-46,49,52-55,58,61-71H2,1-3H3/b10-7-,11-8-,12-9-,19-16-,20-17-,21-18-,28-25-,29-26-,30-27-,33-32-,36-35-,39-38-,42-41-,50-47-,51-48-,59-56-,60-57-. The zero-order chi connectivity index (χ0) is 58.5. The molecule has 0 aliphatic rings. The molecule has 81 heavy (non-hydrogen) atoms. The van der Waals surface area contributed by atoms with Crippen LogP contribution in [0.15, 0.2) is 207 Å². The van der Waals surface area contributed by atoms with Crippen LogP contribution in [0, 0.1) is 0 Å². The van der Waals surface area contributed by atoms with Crippen molar-refractivity contribution in [3.63, 3.8) is 0 Å². The van der Waals surface area contributed by atoms with Crippen molar-refractivity contribution < 1.29 is 28.6 Å². The molecule has 0 bridgehead atoms. The van der Waals surface area contributed by atoms with E-state index in [1.165, 1.54) is 19.3 Å². The molecule has 448 valence electrons. The first-order valence-corrected chi connectivity index (χ1v) is 31.6. The second-order valence-electron chi connectivity index (χ2n) is 19.8. The van der Waals surface area contributed by atoms with E-state index in [9.17, 15) is 14.4 Å². The minimum Gasteiger partial charge on any atom is -0.462 e. The minimum atomic E-state index is -0.850. The van der Waals surface area contributed by atoms with Gasteiger partial charge in [0.15, 0.2) is 6.10 Å². The van der Waals surface area contributed by atoms with E-state index < -0.39 is 12.1 Å². The Morgan fingerprint density at radius 3 is 0.741 bits per heavy atom. The molecule has 0 aliphatic carbocycles. The number of carbonyl (C=O) groups is 3. The first-order valence-electron chi connectivity index (χ1n) is 31.6. The van der Waals surface area contributed by atoms with Crippen LogP contribution in [0.25, 0.3) is 0 Å². The van der Waals surface area contributed by atoms with Crippen LogP contribution in [-0.4, -0.2) is 37.2 Å². The van der Waals surface area contributed by atoms with Gasteiger partial charge >= 0.3 is 17.9 Å². The van der Waals surface area contributed by atoms with Gasteiger partial charge < -0.3 is 14.2 Å². The maximum atomic E-state index is 12.9. The van der Waals surface area contributed by atoms with Crippen molar-refractivity contribution in [2.24, 2.45) is 0 Å². The number of hydrogen-bond donors (Lipinski definition) is 0. The molecule has 0 spiro atoms. The lowest BCUT2D eigenvalue weighted by Gasteiger charge is -2.18. The lowest BCUT2D eigenvalue weighted by atomic mass is 10.1. The molecule has 0 fully saturated rings. The summed E-state index contributed by atoms with van der Waals surface area (Å²) in [5.74, 6) is -1.08. The van der Waals surface area contributed by atoms with Crippen LogP contribution in [0.3, 0.4) is 0 Å². The van der Waals surface area contributed by atoms with E-state index in [0.717, 1.165) is 154 Å². The number of esters is 3. The quantitative estimate of drug-likeness (QED) is 0.0261. The van der Waals surface area contributed by atoms with Crippen molar-refractivity contribution in [2.45, 2.75) is 232 Å². The summed E-state index contributed by atoms with van der Waals surface area (Å²) >= 11 is 0. The van der Waals surface area contributed by atoms with Crippen molar-refractivity contribution in [2.75, 3.05) is 13.2 Å². The van der Waals surface area contributed by atoms with Gasteiger partial charge in [0.25, 0.3) is 0 Å². The first kappa shape index (κ1) is 75.0. The Kier molecular flexibility index (Phi) is 61.6. The molecule has 0 rings (SSSR count). The van der Waals surface area contributed by atoms with Crippen LogP contribution >= 0.6 is 0 Å². The fourth-order valence-corrected chi connectivity index (χ4v) is 7.67. The third-order valence-electron chi connectivity index (χ3n) is 12.3. The zero-order valence-electron chi connectivity index (χ0n) is 51.2. The van der Waals surface area contributed by atoms with Gasteiger partial charge in [0, 0.05) is 19.3 Å². The van der Waals surface area contributed by atoms with Gasteiger partial charge in [0.05, 0.1) is 0 Å². The summed E-state index contributed by atoms with van der Waals surface area (Å²) in [6.07, 6.45) is 103. The molecule has 0 N–H and O–H groups in total. The van der Waals surface area contributed by atoms with Crippen LogP contribution < -0.4 is 0 Å². The van der Waals surface area contributed by atoms with Crippen molar-refractivity contribution >= 4 is 17.9 Å². The second kappa shape index (κ2) is 66.5. The molecule has 0 aromatic heterocycles. The summed E-state index contributed by atoms with van der Waals surface area (Å²) in [5.41, 5.74) is 0. The highest BCUT2D eigenvalue weighted by Gasteiger charge is 2.19. The van der Waals surface area contributed by atoms with E-state index in [0.29, 0.717) is 19.3 Å². The van der Waals surface area contributed by atoms with E-state index in [4.69, 9.17) is 14.2 Å². The molecule has 6 heteroatoms. The van der Waals surface area contributed by atoms with E-state index in [1.54, 1.807) is 0 Å². The van der Waals surface area contributed by atoms with E-state index in [2.05, 4.69) is 227 Å². The van der Waals surface area contributed by atoms with Gasteiger partial charge in [0.2, 0.25) is 0 Å². The second-order valence-corrected chi connectivity index (χ2v) is 19.8. The minimum absolute atomic E-state index is 0.136. The normalized spacial score (nSPS) is 13.6. The summed E-state index contributed by atoms with van der Waals surface area (Å²) in [5, 5.41) is 0. The smallest absolute Gasteiger partial charge is 0.306 e. The Labute approximate surface area is 496 Å². The molecule has 1 atom stereocenters. The predicted octanol–water partition coefficient (Wildman–Crippen LogP) is 22.0. The topological polar surface area (TPSA) is 78.9 Å². The largest absolute Gasteiger partial charge is 0.462 e. The van der Waals surface area contributed by atoms with Crippen LogP contribution in [0.5, 0.6) is 0 Å². The van der Waals surface area contributed by atoms with E-state index >= 15 is 0 Å². The van der Waals surface area contributed by atoms with E-state index in [-0.39, 0.29) is 38.0 Å². The molecule has 0 amide bonds. The number of carbonyl (C=O) groups excluding carboxylic acids is 3. The van der Waals surface area contributed by atoms with Gasteiger partial charge in [-0.3, -0.25) is 14.4 Å². The molecule has 0 saturated heterocycles. The Morgan fingerprint density at radius 1 is 0.247 bits per heavy atom. The molecule has 0 heterocycles. The molecule has 0 saturated carbocycles. The third-order valence-corrected chi connectivity index (χ3v) is 12.3. The van der Waals surface area contributed by atoms with E-state index in [1.807, 2.05) is 0 Å². The van der Waals surface area contributed by atoms with Gasteiger partial charge in [-0.25, -0.2) is 0 Å². The maximum absolute atomic E-state index is 12.9. The van der Waals surface area contributed by atoms with Gasteiger partial charge in [-0.05, 0) is 154 Å². The van der Waals surface area contributed by atoms with Crippen LogP contribution in [0.4, 0.5) is 0 Å². The Bertz CT molecular complexity index is 2000. The molecule has 6 nitrogen and oxygen atoms in total. The average Bonchev–Trinajstić information content (AvgIpc) is 3.47. The molecular formula is C75H112O6. The van der Waals surface area contributed by atoms with Crippen molar-refractivity contribution in [3.05, 3.63) is 207 Å². The summed E-state index contributed by atoms with van der Waals surface area (Å²) in [6, 6.07) is 0. The molecule has 0 radical (unpaired) electrons. The molecule has 0 aromatic carbocycles. The Hall–Kier alpha value is -6.01. The Morgan fingerprint density at radius 2 is 0.457 bits per heavy atom. The summed E-state index contributed by atoms with van der Waals surface area (Å²) in [4.78, 5) is 38.3. The third kappa shape index (κ3) is 64.7. The summed E-state index contributed by atoms with van der Waals surface area (Å²) in [7, 11) is 0. The molecule has 0 aliphatic heterocycles. The highest BCUT2D eigenvalue weighted by atomic mass is 16.6. The number of rotatable bonds is 54. The van der Waals surface area contributed by atoms with Crippen LogP contribution in [0.1, 0.15) is 226 Å². The monoisotopic (exact) mass is 1110 g/mol. The maximum Gasteiger partial charge on any atom is 0.306 e. The molecular weight excluding hydrogens is 997 g/mol. The number of allylic oxidation sites excluding steroid dienone is 34. The predicted molar refractivity (Wildman–Crippen MR) is 352 cm³/mol. The number of hydrogen-bond acceptors (Lipinski definition) is 6. The lowest BCUT2D eigenvalue weighted by molar-refractivity contribution is -0.167. The molecule has 0 aromatic rings. The fraction of sp³-hybridized carbons (Fsp3) is 0.507. The fourth-order valence-electron chi connectivity index (χ4n) is 7.67. The Balaban J connectivity index is 4.58. The van der Waals surface area contributed by atoms with Crippen molar-refractivity contribution in [3.8, 4) is 0 Å². The zero-order valence-corrected chi connectivity index (χ0v) is 51.2. The number of ether oxygens (including phenoxy) is 3. The van der Waals surface area contributed by atoms with Gasteiger partial charge in [-0.15, -0.1) is 0 Å². The van der Waals surface area contributed by atoms with Crippen LogP contribution in [0.2, 0.25) is 0 Å². The average molecular weight is 1110 g/mol. The van der Waals surface area contributed by atoms with Crippen LogP contribution in [-0.2, 0) is 28.6 Å². The molecule has 1 unspecified atom stereocenters. The van der Waals surface area contributed by atoms with Gasteiger partial charge in [-0.2, -0.15) is 0 Å². The summed E-state index contributed by atoms with van der Waals surface area (Å²) in [6.45, 7) is 6.18. The highest BCUT2D eigenvalue weighted by molar-refractivity contribution is 5.71.